The molecule has 2 atom stereocenters. The Morgan fingerprint density at radius 2 is 0.862 bits per heavy atom. The summed E-state index contributed by atoms with van der Waals surface area (Å²) in [6, 6.07) is 0. The van der Waals surface area contributed by atoms with Crippen molar-refractivity contribution in [2.24, 2.45) is 0 Å². The Labute approximate surface area is 182 Å². The van der Waals surface area contributed by atoms with Crippen molar-refractivity contribution in [3.8, 4) is 0 Å². The number of hydrogen-bond acceptors (Lipinski definition) is 3. The van der Waals surface area contributed by atoms with Crippen molar-refractivity contribution in [2.45, 2.75) is 142 Å². The van der Waals surface area contributed by atoms with Crippen molar-refractivity contribution in [1.82, 2.24) is 0 Å². The second-order valence-corrected chi connectivity index (χ2v) is 9.22. The molecule has 0 rings (SSSR count). The first kappa shape index (κ1) is 28.8. The van der Waals surface area contributed by atoms with Crippen molar-refractivity contribution >= 4 is 0 Å². The number of aliphatic hydroxyl groups excluding tert-OH is 2. The summed E-state index contributed by atoms with van der Waals surface area (Å²) in [7, 11) is 0. The maximum Gasteiger partial charge on any atom is 0.105 e. The summed E-state index contributed by atoms with van der Waals surface area (Å²) in [6.45, 7) is 7.02. The van der Waals surface area contributed by atoms with Gasteiger partial charge in [-0.15, -0.1) is 0 Å². The van der Waals surface area contributed by atoms with E-state index in [-0.39, 0.29) is 13.1 Å². The van der Waals surface area contributed by atoms with Crippen LogP contribution < -0.4 is 0 Å². The second-order valence-electron chi connectivity index (χ2n) is 9.22. The Bertz CT molecular complexity index is 326. The van der Waals surface area contributed by atoms with Gasteiger partial charge in [0.1, 0.15) is 25.3 Å². The quantitative estimate of drug-likeness (QED) is 0.117. The van der Waals surface area contributed by atoms with E-state index in [4.69, 9.17) is 0 Å². The number of unbranched alkanes of at least 4 members (excludes halogenated alkanes) is 14. The zero-order chi connectivity index (χ0) is 21.8. The van der Waals surface area contributed by atoms with Crippen LogP contribution in [0.15, 0.2) is 0 Å². The van der Waals surface area contributed by atoms with Crippen molar-refractivity contribution in [2.75, 3.05) is 19.6 Å². The van der Waals surface area contributed by atoms with E-state index in [0.29, 0.717) is 19.4 Å². The lowest BCUT2D eigenvalue weighted by Crippen LogP contribution is -2.51. The lowest BCUT2D eigenvalue weighted by Gasteiger charge is -2.45. The van der Waals surface area contributed by atoms with Gasteiger partial charge in [0.15, 0.2) is 0 Å². The molecule has 0 bridgehead atoms. The van der Waals surface area contributed by atoms with E-state index >= 15 is 0 Å². The van der Waals surface area contributed by atoms with E-state index < -0.39 is 16.9 Å². The standard InChI is InChI=1S/C25H53NO3/c1-4-7-8-9-10-11-12-13-14-15-16-17-18-19-20-21-26(29,22-24(27)5-2)23-25(28)6-3/h24-25,27-28H,4-23H2,1-3H3. The molecule has 0 fully saturated rings. The smallest absolute Gasteiger partial charge is 0.105 e. The maximum absolute atomic E-state index is 13.0. The van der Waals surface area contributed by atoms with Gasteiger partial charge in [-0.3, -0.25) is 0 Å². The Kier molecular flexibility index (Phi) is 19.7. The first-order chi connectivity index (χ1) is 14.0. The fraction of sp³-hybridized carbons (Fsp3) is 1.00. The SMILES string of the molecule is CCCCCCCCCCCCCCCCC[N+]([O-])(CC(O)CC)CC(O)CC. The highest BCUT2D eigenvalue weighted by Gasteiger charge is 2.23. The molecule has 2 N–H and O–H groups in total. The van der Waals surface area contributed by atoms with Crippen LogP contribution in [0.2, 0.25) is 0 Å². The molecule has 29 heavy (non-hydrogen) atoms. The van der Waals surface area contributed by atoms with Crippen molar-refractivity contribution in [1.29, 1.82) is 0 Å². The molecule has 0 aliphatic heterocycles. The number of hydrogen-bond donors (Lipinski definition) is 2. The molecular weight excluding hydrogens is 362 g/mol. The third kappa shape index (κ3) is 18.3. The average molecular weight is 416 g/mol. The van der Waals surface area contributed by atoms with Gasteiger partial charge in [0.05, 0.1) is 6.54 Å². The van der Waals surface area contributed by atoms with Crippen molar-refractivity contribution < 1.29 is 14.9 Å². The highest BCUT2D eigenvalue weighted by molar-refractivity contribution is 4.59. The Balaban J connectivity index is 3.64. The molecule has 0 aromatic heterocycles. The number of aliphatic hydroxyl groups is 2. The van der Waals surface area contributed by atoms with Crippen LogP contribution in [0.1, 0.15) is 130 Å². The zero-order valence-corrected chi connectivity index (χ0v) is 20.0. The van der Waals surface area contributed by atoms with Crippen LogP contribution in [0.5, 0.6) is 0 Å². The minimum atomic E-state index is -0.562. The topological polar surface area (TPSA) is 63.5 Å². The second kappa shape index (κ2) is 19.8. The predicted molar refractivity (Wildman–Crippen MR) is 126 cm³/mol. The zero-order valence-electron chi connectivity index (χ0n) is 20.0. The molecule has 0 aromatic carbocycles. The molecule has 4 nitrogen and oxygen atoms in total. The first-order valence-electron chi connectivity index (χ1n) is 12.9. The largest absolute Gasteiger partial charge is 0.633 e. The first-order valence-corrected chi connectivity index (χ1v) is 12.9. The van der Waals surface area contributed by atoms with E-state index in [1.807, 2.05) is 13.8 Å². The van der Waals surface area contributed by atoms with Crippen LogP contribution in [0, 0.1) is 5.21 Å². The van der Waals surface area contributed by atoms with Crippen LogP contribution >= 0.6 is 0 Å². The minimum Gasteiger partial charge on any atom is -0.633 e. The summed E-state index contributed by atoms with van der Waals surface area (Å²) in [5, 5.41) is 32.8. The van der Waals surface area contributed by atoms with Gasteiger partial charge in [0.2, 0.25) is 0 Å². The normalized spacial score (nSPS) is 15.9. The summed E-state index contributed by atoms with van der Waals surface area (Å²) in [6.07, 6.45) is 19.8. The summed E-state index contributed by atoms with van der Waals surface area (Å²) in [5.74, 6) is 0. The number of quaternary nitrogens is 1. The van der Waals surface area contributed by atoms with E-state index in [0.717, 1.165) is 12.8 Å². The molecule has 0 saturated heterocycles. The maximum atomic E-state index is 13.0. The van der Waals surface area contributed by atoms with Gasteiger partial charge in [-0.2, -0.15) is 0 Å². The molecule has 0 amide bonds. The van der Waals surface area contributed by atoms with Gasteiger partial charge < -0.3 is 20.1 Å². The van der Waals surface area contributed by atoms with Crippen LogP contribution in [0.4, 0.5) is 0 Å². The van der Waals surface area contributed by atoms with Gasteiger partial charge in [-0.25, -0.2) is 0 Å². The third-order valence-electron chi connectivity index (χ3n) is 6.20. The summed E-state index contributed by atoms with van der Waals surface area (Å²) >= 11 is 0. The molecule has 0 heterocycles. The van der Waals surface area contributed by atoms with E-state index in [9.17, 15) is 15.4 Å². The van der Waals surface area contributed by atoms with Crippen LogP contribution in [-0.4, -0.2) is 46.7 Å². The van der Waals surface area contributed by atoms with Gasteiger partial charge in [0.25, 0.3) is 0 Å². The highest BCUT2D eigenvalue weighted by Crippen LogP contribution is 2.16. The minimum absolute atomic E-state index is 0.214. The number of nitrogens with zero attached hydrogens (tertiary/aromatic N) is 1. The number of rotatable bonds is 22. The van der Waals surface area contributed by atoms with Gasteiger partial charge >= 0.3 is 0 Å². The molecular formula is C25H53NO3. The molecule has 0 aliphatic rings. The van der Waals surface area contributed by atoms with Crippen LogP contribution in [0.25, 0.3) is 0 Å². The molecule has 0 saturated carbocycles. The molecule has 0 radical (unpaired) electrons. The van der Waals surface area contributed by atoms with E-state index in [1.54, 1.807) is 0 Å². The molecule has 0 aromatic rings. The molecule has 176 valence electrons. The summed E-state index contributed by atoms with van der Waals surface area (Å²) < 4.78 is -0.442. The summed E-state index contributed by atoms with van der Waals surface area (Å²) in [5.41, 5.74) is 0. The fourth-order valence-corrected chi connectivity index (χ4v) is 4.05. The molecule has 2 unspecified atom stereocenters. The highest BCUT2D eigenvalue weighted by atomic mass is 16.5. The van der Waals surface area contributed by atoms with Gasteiger partial charge in [-0.05, 0) is 25.7 Å². The average Bonchev–Trinajstić information content (AvgIpc) is 2.70. The molecule has 0 aliphatic carbocycles. The van der Waals surface area contributed by atoms with Crippen molar-refractivity contribution in [3.05, 3.63) is 5.21 Å². The lowest BCUT2D eigenvalue weighted by molar-refractivity contribution is -0.887. The number of hydroxylamine groups is 3. The van der Waals surface area contributed by atoms with E-state index in [2.05, 4.69) is 6.92 Å². The van der Waals surface area contributed by atoms with E-state index in [1.165, 1.54) is 83.5 Å². The fourth-order valence-electron chi connectivity index (χ4n) is 4.05. The molecule has 0 spiro atoms. The van der Waals surface area contributed by atoms with Crippen LogP contribution in [0.3, 0.4) is 0 Å². The predicted octanol–water partition coefficient (Wildman–Crippen LogP) is 6.71. The summed E-state index contributed by atoms with van der Waals surface area (Å²) in [4.78, 5) is 0. The monoisotopic (exact) mass is 415 g/mol. The van der Waals surface area contributed by atoms with Gasteiger partial charge in [-0.1, -0.05) is 104 Å². The Hall–Kier alpha value is -0.160. The lowest BCUT2D eigenvalue weighted by atomic mass is 10.0. The third-order valence-corrected chi connectivity index (χ3v) is 6.20. The van der Waals surface area contributed by atoms with Crippen LogP contribution in [-0.2, 0) is 0 Å². The Morgan fingerprint density at radius 1 is 0.552 bits per heavy atom. The Morgan fingerprint density at radius 3 is 1.17 bits per heavy atom. The molecule has 4 heteroatoms. The van der Waals surface area contributed by atoms with Crippen molar-refractivity contribution in [3.63, 3.8) is 0 Å². The van der Waals surface area contributed by atoms with Gasteiger partial charge in [0, 0.05) is 0 Å².